The molecule has 0 aliphatic carbocycles. The van der Waals surface area contributed by atoms with E-state index < -0.39 is 0 Å². The standard InChI is InChI=1S/C14H13BrN4OS/c1-8(9-3-5-10(15)6-4-9)19-12-11(18-14(19)21)13(20-2)17-7-16-12/h3-8H,1-2H3,(H,18,21). The second-order valence-electron chi connectivity index (χ2n) is 4.61. The normalized spacial score (nSPS) is 12.5. The van der Waals surface area contributed by atoms with Crippen LogP contribution >= 0.6 is 28.1 Å². The van der Waals surface area contributed by atoms with Gasteiger partial charge in [-0.3, -0.25) is 4.57 Å². The number of nitrogens with one attached hydrogen (secondary N) is 1. The van der Waals surface area contributed by atoms with E-state index in [1.165, 1.54) is 6.33 Å². The highest BCUT2D eigenvalue weighted by molar-refractivity contribution is 9.10. The van der Waals surface area contributed by atoms with Gasteiger partial charge in [0.1, 0.15) is 11.8 Å². The van der Waals surface area contributed by atoms with E-state index in [2.05, 4.69) is 49.9 Å². The summed E-state index contributed by atoms with van der Waals surface area (Å²) in [6.07, 6.45) is 1.48. The molecule has 0 bridgehead atoms. The SMILES string of the molecule is COc1ncnc2c1[nH]c(=S)n2C(C)c1ccc(Br)cc1. The van der Waals surface area contributed by atoms with Crippen molar-refractivity contribution in [1.82, 2.24) is 19.5 Å². The first-order chi connectivity index (χ1) is 10.1. The first kappa shape index (κ1) is 14.2. The highest BCUT2D eigenvalue weighted by atomic mass is 79.9. The summed E-state index contributed by atoms with van der Waals surface area (Å²) >= 11 is 8.88. The molecule has 0 radical (unpaired) electrons. The number of H-pyrrole nitrogens is 1. The molecule has 0 saturated carbocycles. The summed E-state index contributed by atoms with van der Waals surface area (Å²) in [6.45, 7) is 2.08. The fourth-order valence-corrected chi connectivity index (χ4v) is 2.93. The molecule has 2 aromatic heterocycles. The number of hydrogen-bond acceptors (Lipinski definition) is 4. The van der Waals surface area contributed by atoms with Gasteiger partial charge < -0.3 is 9.72 Å². The van der Waals surface area contributed by atoms with Gasteiger partial charge >= 0.3 is 0 Å². The molecule has 0 spiro atoms. The maximum atomic E-state index is 5.44. The first-order valence-electron chi connectivity index (χ1n) is 6.36. The van der Waals surface area contributed by atoms with Crippen molar-refractivity contribution >= 4 is 39.3 Å². The zero-order chi connectivity index (χ0) is 15.0. The topological polar surface area (TPSA) is 55.7 Å². The minimum absolute atomic E-state index is 0.0546. The Morgan fingerprint density at radius 3 is 2.67 bits per heavy atom. The van der Waals surface area contributed by atoms with Crippen molar-refractivity contribution in [3.63, 3.8) is 0 Å². The Morgan fingerprint density at radius 1 is 1.29 bits per heavy atom. The van der Waals surface area contributed by atoms with E-state index in [4.69, 9.17) is 17.0 Å². The van der Waals surface area contributed by atoms with Gasteiger partial charge in [-0.2, -0.15) is 4.98 Å². The van der Waals surface area contributed by atoms with Crippen LogP contribution in [0.3, 0.4) is 0 Å². The molecule has 108 valence electrons. The molecular weight excluding hydrogens is 352 g/mol. The predicted octanol–water partition coefficient (Wildman–Crippen LogP) is 3.87. The lowest BCUT2D eigenvalue weighted by molar-refractivity contribution is 0.401. The van der Waals surface area contributed by atoms with Crippen LogP contribution in [0.1, 0.15) is 18.5 Å². The van der Waals surface area contributed by atoms with E-state index in [1.54, 1.807) is 7.11 Å². The Bertz CT molecular complexity index is 840. The van der Waals surface area contributed by atoms with Crippen LogP contribution in [0.5, 0.6) is 5.88 Å². The third-order valence-electron chi connectivity index (χ3n) is 3.40. The molecule has 21 heavy (non-hydrogen) atoms. The second-order valence-corrected chi connectivity index (χ2v) is 5.91. The van der Waals surface area contributed by atoms with Crippen LogP contribution in [-0.4, -0.2) is 26.6 Å². The van der Waals surface area contributed by atoms with Gasteiger partial charge in [-0.05, 0) is 36.8 Å². The van der Waals surface area contributed by atoms with Crippen LogP contribution in [0.25, 0.3) is 11.2 Å². The Morgan fingerprint density at radius 2 is 2.00 bits per heavy atom. The molecule has 0 amide bonds. The maximum Gasteiger partial charge on any atom is 0.242 e. The molecule has 7 heteroatoms. The summed E-state index contributed by atoms with van der Waals surface area (Å²) < 4.78 is 8.86. The Kier molecular flexibility index (Phi) is 3.77. The van der Waals surface area contributed by atoms with E-state index in [9.17, 15) is 0 Å². The summed E-state index contributed by atoms with van der Waals surface area (Å²) in [4.78, 5) is 11.6. The lowest BCUT2D eigenvalue weighted by Gasteiger charge is -2.14. The second kappa shape index (κ2) is 5.57. The number of imidazole rings is 1. The molecular formula is C14H13BrN4OS. The zero-order valence-electron chi connectivity index (χ0n) is 11.5. The highest BCUT2D eigenvalue weighted by Crippen LogP contribution is 2.27. The fourth-order valence-electron chi connectivity index (χ4n) is 2.32. The molecule has 3 rings (SSSR count). The molecule has 1 atom stereocenters. The number of aromatic nitrogens is 4. The molecule has 3 aromatic rings. The van der Waals surface area contributed by atoms with Crippen LogP contribution in [0.15, 0.2) is 35.1 Å². The van der Waals surface area contributed by atoms with Crippen molar-refractivity contribution in [2.75, 3.05) is 7.11 Å². The summed E-state index contributed by atoms with van der Waals surface area (Å²) in [7, 11) is 1.58. The molecule has 1 unspecified atom stereocenters. The smallest absolute Gasteiger partial charge is 0.242 e. The average Bonchev–Trinajstić information content (AvgIpc) is 2.83. The summed E-state index contributed by atoms with van der Waals surface area (Å²) in [5, 5.41) is 0. The van der Waals surface area contributed by atoms with Gasteiger partial charge in [0.05, 0.1) is 13.2 Å². The monoisotopic (exact) mass is 364 g/mol. The number of methoxy groups -OCH3 is 1. The maximum absolute atomic E-state index is 5.44. The van der Waals surface area contributed by atoms with Gasteiger partial charge in [0.25, 0.3) is 0 Å². The molecule has 0 saturated heterocycles. The van der Waals surface area contributed by atoms with Gasteiger partial charge in [0.2, 0.25) is 5.88 Å². The summed E-state index contributed by atoms with van der Waals surface area (Å²) in [6, 6.07) is 8.21. The Labute approximate surface area is 135 Å². The third kappa shape index (κ3) is 2.47. The number of nitrogens with zero attached hydrogens (tertiary/aromatic N) is 3. The molecule has 5 nitrogen and oxygen atoms in total. The number of aromatic amines is 1. The van der Waals surface area contributed by atoms with Gasteiger partial charge in [-0.25, -0.2) is 4.98 Å². The number of rotatable bonds is 3. The highest BCUT2D eigenvalue weighted by Gasteiger charge is 2.16. The quantitative estimate of drug-likeness (QED) is 0.716. The molecule has 0 aliphatic rings. The minimum atomic E-state index is 0.0546. The van der Waals surface area contributed by atoms with Crippen LogP contribution in [0.2, 0.25) is 0 Å². The largest absolute Gasteiger partial charge is 0.479 e. The summed E-state index contributed by atoms with van der Waals surface area (Å²) in [5.41, 5.74) is 2.60. The molecule has 1 N–H and O–H groups in total. The van der Waals surface area contributed by atoms with E-state index in [0.29, 0.717) is 16.2 Å². The van der Waals surface area contributed by atoms with Crippen molar-refractivity contribution in [2.24, 2.45) is 0 Å². The predicted molar refractivity (Wildman–Crippen MR) is 87.2 cm³/mol. The molecule has 2 heterocycles. The van der Waals surface area contributed by atoms with Crippen molar-refractivity contribution < 1.29 is 4.74 Å². The van der Waals surface area contributed by atoms with Gasteiger partial charge in [-0.1, -0.05) is 28.1 Å². The van der Waals surface area contributed by atoms with Crippen LogP contribution in [0, 0.1) is 4.77 Å². The van der Waals surface area contributed by atoms with Gasteiger partial charge in [-0.15, -0.1) is 0 Å². The minimum Gasteiger partial charge on any atom is -0.479 e. The molecule has 1 aromatic carbocycles. The third-order valence-corrected chi connectivity index (χ3v) is 4.23. The average molecular weight is 365 g/mol. The molecule has 0 aliphatic heterocycles. The van der Waals surface area contributed by atoms with Crippen LogP contribution in [-0.2, 0) is 0 Å². The summed E-state index contributed by atoms with van der Waals surface area (Å²) in [5.74, 6) is 0.493. The number of benzene rings is 1. The Hall–Kier alpha value is -1.73. The van der Waals surface area contributed by atoms with Crippen molar-refractivity contribution in [1.29, 1.82) is 0 Å². The fraction of sp³-hybridized carbons (Fsp3) is 0.214. The van der Waals surface area contributed by atoms with Crippen molar-refractivity contribution in [2.45, 2.75) is 13.0 Å². The van der Waals surface area contributed by atoms with E-state index in [0.717, 1.165) is 15.7 Å². The Balaban J connectivity index is 2.18. The lowest BCUT2D eigenvalue weighted by atomic mass is 10.1. The molecule has 0 fully saturated rings. The first-order valence-corrected chi connectivity index (χ1v) is 7.56. The van der Waals surface area contributed by atoms with E-state index >= 15 is 0 Å². The number of fused-ring (bicyclic) bond motifs is 1. The zero-order valence-corrected chi connectivity index (χ0v) is 13.9. The number of hydrogen-bond donors (Lipinski definition) is 1. The van der Waals surface area contributed by atoms with E-state index in [1.807, 2.05) is 16.7 Å². The van der Waals surface area contributed by atoms with Crippen molar-refractivity contribution in [3.8, 4) is 5.88 Å². The van der Waals surface area contributed by atoms with Crippen molar-refractivity contribution in [3.05, 3.63) is 45.4 Å². The number of ether oxygens (including phenoxy) is 1. The van der Waals surface area contributed by atoms with Crippen LogP contribution < -0.4 is 4.74 Å². The van der Waals surface area contributed by atoms with Gasteiger partial charge in [0, 0.05) is 4.47 Å². The lowest BCUT2D eigenvalue weighted by Crippen LogP contribution is -2.07. The number of halogens is 1. The van der Waals surface area contributed by atoms with Crippen LogP contribution in [0.4, 0.5) is 0 Å². The van der Waals surface area contributed by atoms with Gasteiger partial charge in [0.15, 0.2) is 10.4 Å². The van der Waals surface area contributed by atoms with E-state index in [-0.39, 0.29) is 6.04 Å².